The first-order valence-corrected chi connectivity index (χ1v) is 10.8. The van der Waals surface area contributed by atoms with Crippen molar-refractivity contribution in [1.29, 1.82) is 0 Å². The molecule has 3 aromatic heterocycles. The van der Waals surface area contributed by atoms with Gasteiger partial charge in [0.2, 0.25) is 5.91 Å². The first kappa shape index (κ1) is 23.4. The summed E-state index contributed by atoms with van der Waals surface area (Å²) in [6.45, 7) is 3.86. The lowest BCUT2D eigenvalue weighted by Gasteiger charge is -2.09. The molecule has 0 atom stereocenters. The average molecular weight is 442 g/mol. The van der Waals surface area contributed by atoms with Crippen LogP contribution in [0.1, 0.15) is 24.2 Å². The summed E-state index contributed by atoms with van der Waals surface area (Å²) in [5.41, 5.74) is 4.30. The molecule has 0 aliphatic carbocycles. The van der Waals surface area contributed by atoms with E-state index in [1.54, 1.807) is 41.5 Å². The van der Waals surface area contributed by atoms with Crippen molar-refractivity contribution < 1.29 is 9.59 Å². The molecule has 4 rings (SSSR count). The van der Waals surface area contributed by atoms with Crippen molar-refractivity contribution in [2.24, 2.45) is 7.05 Å². The van der Waals surface area contributed by atoms with Crippen LogP contribution in [-0.2, 0) is 11.8 Å². The van der Waals surface area contributed by atoms with Gasteiger partial charge in [0.15, 0.2) is 0 Å². The van der Waals surface area contributed by atoms with Crippen LogP contribution < -0.4 is 10.6 Å². The molecule has 33 heavy (non-hydrogen) atoms. The van der Waals surface area contributed by atoms with Crippen molar-refractivity contribution in [3.63, 3.8) is 0 Å². The van der Waals surface area contributed by atoms with E-state index in [4.69, 9.17) is 0 Å². The molecular weight excluding hydrogens is 414 g/mol. The molecule has 7 nitrogen and oxygen atoms in total. The number of nitrogens with zero attached hydrogens (tertiary/aromatic N) is 3. The van der Waals surface area contributed by atoms with Crippen molar-refractivity contribution in [1.82, 2.24) is 19.9 Å². The van der Waals surface area contributed by atoms with E-state index in [9.17, 15) is 9.59 Å². The zero-order valence-electron chi connectivity index (χ0n) is 18.9. The fourth-order valence-corrected chi connectivity index (χ4v) is 3.15. The number of anilines is 1. The number of rotatable bonds is 6. The van der Waals surface area contributed by atoms with Gasteiger partial charge in [-0.3, -0.25) is 14.6 Å². The van der Waals surface area contributed by atoms with E-state index in [1.165, 1.54) is 0 Å². The van der Waals surface area contributed by atoms with Crippen LogP contribution in [0.2, 0.25) is 0 Å². The van der Waals surface area contributed by atoms with Gasteiger partial charge in [0.25, 0.3) is 5.91 Å². The first-order valence-electron chi connectivity index (χ1n) is 10.8. The van der Waals surface area contributed by atoms with Crippen LogP contribution in [0.4, 0.5) is 5.82 Å². The fraction of sp³-hybridized carbons (Fsp3) is 0.154. The summed E-state index contributed by atoms with van der Waals surface area (Å²) >= 11 is 0. The minimum atomic E-state index is -0.348. The molecule has 3 heterocycles. The van der Waals surface area contributed by atoms with Crippen LogP contribution in [-0.4, -0.2) is 32.9 Å². The van der Waals surface area contributed by atoms with Gasteiger partial charge in [0, 0.05) is 37.4 Å². The molecule has 2 amide bonds. The fourth-order valence-electron chi connectivity index (χ4n) is 3.15. The molecule has 0 fully saturated rings. The van der Waals surface area contributed by atoms with Crippen LogP contribution in [0.5, 0.6) is 0 Å². The van der Waals surface area contributed by atoms with E-state index in [0.29, 0.717) is 11.4 Å². The summed E-state index contributed by atoms with van der Waals surface area (Å²) in [5, 5.41) is 5.34. The Labute approximate surface area is 193 Å². The Bertz CT molecular complexity index is 1220. The van der Waals surface area contributed by atoms with Crippen LogP contribution in [0.25, 0.3) is 22.4 Å². The second-order valence-corrected chi connectivity index (χ2v) is 7.02. The van der Waals surface area contributed by atoms with Crippen molar-refractivity contribution in [2.45, 2.75) is 13.8 Å². The molecule has 4 aromatic rings. The van der Waals surface area contributed by atoms with Crippen molar-refractivity contribution in [2.75, 3.05) is 11.9 Å². The van der Waals surface area contributed by atoms with Gasteiger partial charge in [-0.15, -0.1) is 0 Å². The Morgan fingerprint density at radius 1 is 0.909 bits per heavy atom. The average Bonchev–Trinajstić information content (AvgIpc) is 3.31. The molecule has 0 aliphatic heterocycles. The maximum Gasteiger partial charge on any atom is 0.253 e. The number of carbonyl (C=O) groups excluding carboxylic acids is 2. The normalized spacial score (nSPS) is 10.0. The topological polar surface area (TPSA) is 88.9 Å². The highest BCUT2D eigenvalue weighted by Gasteiger charge is 2.10. The second kappa shape index (κ2) is 11.4. The lowest BCUT2D eigenvalue weighted by molar-refractivity contribution is -0.115. The monoisotopic (exact) mass is 441 g/mol. The van der Waals surface area contributed by atoms with Gasteiger partial charge >= 0.3 is 0 Å². The smallest absolute Gasteiger partial charge is 0.253 e. The standard InChI is InChI=1S/C24H21N5O2.C2H6/c1-29-13-10-20(16-29)24(31)26-15-23(30)28-22-7-3-6-21(27-22)19-5-2-4-18(14-19)17-8-11-25-12-9-17;1-2/h2-14,16H,15H2,1H3,(H,26,31)(H,27,28,30);1-2H3. The number of hydrogen-bond donors (Lipinski definition) is 2. The quantitative estimate of drug-likeness (QED) is 0.460. The summed E-state index contributed by atoms with van der Waals surface area (Å²) in [4.78, 5) is 32.9. The third kappa shape index (κ3) is 6.36. The predicted molar refractivity (Wildman–Crippen MR) is 131 cm³/mol. The Morgan fingerprint density at radius 3 is 2.36 bits per heavy atom. The molecule has 0 aliphatic rings. The van der Waals surface area contributed by atoms with Crippen molar-refractivity contribution in [3.05, 3.63) is 91.0 Å². The molecule has 7 heteroatoms. The third-order valence-electron chi connectivity index (χ3n) is 4.69. The van der Waals surface area contributed by atoms with E-state index in [2.05, 4.69) is 20.6 Å². The van der Waals surface area contributed by atoms with Crippen molar-refractivity contribution >= 4 is 17.6 Å². The largest absolute Gasteiger partial charge is 0.356 e. The van der Waals surface area contributed by atoms with E-state index < -0.39 is 0 Å². The van der Waals surface area contributed by atoms with Gasteiger partial charge in [-0.1, -0.05) is 38.1 Å². The van der Waals surface area contributed by atoms with Crippen molar-refractivity contribution in [3.8, 4) is 22.4 Å². The minimum Gasteiger partial charge on any atom is -0.356 e. The molecule has 0 saturated heterocycles. The lowest BCUT2D eigenvalue weighted by Crippen LogP contribution is -2.32. The summed E-state index contributed by atoms with van der Waals surface area (Å²) in [7, 11) is 1.83. The second-order valence-electron chi connectivity index (χ2n) is 7.02. The zero-order valence-corrected chi connectivity index (χ0v) is 18.9. The van der Waals surface area contributed by atoms with Crippen LogP contribution >= 0.6 is 0 Å². The molecule has 168 valence electrons. The number of amides is 2. The summed E-state index contributed by atoms with van der Waals surface area (Å²) in [6, 6.07) is 19.0. The number of nitrogens with one attached hydrogen (secondary N) is 2. The maximum absolute atomic E-state index is 12.3. The van der Waals surface area contributed by atoms with Gasteiger partial charge < -0.3 is 15.2 Å². The maximum atomic E-state index is 12.3. The summed E-state index contributed by atoms with van der Waals surface area (Å²) < 4.78 is 1.77. The SMILES string of the molecule is CC.Cn1ccc(C(=O)NCC(=O)Nc2cccc(-c3cccc(-c4ccncc4)c3)n2)c1. The predicted octanol–water partition coefficient (Wildman–Crippen LogP) is 4.54. The molecular formula is C26H27N5O2. The van der Waals surface area contributed by atoms with E-state index in [-0.39, 0.29) is 18.4 Å². The zero-order chi connectivity index (χ0) is 23.6. The van der Waals surface area contributed by atoms with Gasteiger partial charge in [0.1, 0.15) is 5.82 Å². The molecule has 1 aromatic carbocycles. The molecule has 0 bridgehead atoms. The first-order chi connectivity index (χ1) is 16.1. The third-order valence-corrected chi connectivity index (χ3v) is 4.69. The van der Waals surface area contributed by atoms with Crippen LogP contribution in [0.3, 0.4) is 0 Å². The molecule has 0 spiro atoms. The molecule has 0 saturated carbocycles. The number of pyridine rings is 2. The number of aromatic nitrogens is 3. The number of carbonyl (C=O) groups is 2. The number of benzene rings is 1. The van der Waals surface area contributed by atoms with E-state index >= 15 is 0 Å². The van der Waals surface area contributed by atoms with Gasteiger partial charge in [-0.05, 0) is 47.5 Å². The summed E-state index contributed by atoms with van der Waals surface area (Å²) in [6.07, 6.45) is 6.98. The Hall–Kier alpha value is -4.26. The highest BCUT2D eigenvalue weighted by atomic mass is 16.2. The highest BCUT2D eigenvalue weighted by Crippen LogP contribution is 2.25. The molecule has 0 unspecified atom stereocenters. The Morgan fingerprint density at radius 2 is 1.64 bits per heavy atom. The summed E-state index contributed by atoms with van der Waals surface area (Å²) in [5.74, 6) is -0.226. The lowest BCUT2D eigenvalue weighted by atomic mass is 10.0. The molecule has 0 radical (unpaired) electrons. The Kier molecular flexibility index (Phi) is 8.07. The Balaban J connectivity index is 0.00000149. The van der Waals surface area contributed by atoms with Gasteiger partial charge in [0.05, 0.1) is 17.8 Å². The highest BCUT2D eigenvalue weighted by molar-refractivity contribution is 5.99. The molecule has 2 N–H and O–H groups in total. The van der Waals surface area contributed by atoms with E-state index in [1.807, 2.05) is 69.4 Å². The number of hydrogen-bond acceptors (Lipinski definition) is 4. The van der Waals surface area contributed by atoms with Crippen LogP contribution in [0, 0.1) is 0 Å². The minimum absolute atomic E-state index is 0.142. The van der Waals surface area contributed by atoms with E-state index in [0.717, 1.165) is 22.4 Å². The van der Waals surface area contributed by atoms with Gasteiger partial charge in [-0.25, -0.2) is 4.98 Å². The van der Waals surface area contributed by atoms with Crippen LogP contribution in [0.15, 0.2) is 85.5 Å². The number of aryl methyl sites for hydroxylation is 1. The van der Waals surface area contributed by atoms with Gasteiger partial charge in [-0.2, -0.15) is 0 Å².